The molecular weight excluding hydrogens is 262 g/mol. The number of carbonyl (C=O) groups excluding carboxylic acids is 1. The summed E-state index contributed by atoms with van der Waals surface area (Å²) in [5, 5.41) is 2.55. The van der Waals surface area contributed by atoms with Gasteiger partial charge in [-0.05, 0) is 18.9 Å². The zero-order chi connectivity index (χ0) is 13.1. The van der Waals surface area contributed by atoms with Crippen LogP contribution in [0.3, 0.4) is 0 Å². The van der Waals surface area contributed by atoms with Crippen LogP contribution in [-0.4, -0.2) is 30.4 Å². The molecule has 0 saturated carbocycles. The van der Waals surface area contributed by atoms with Gasteiger partial charge < -0.3 is 10.2 Å². The van der Waals surface area contributed by atoms with Crippen LogP contribution in [0.4, 0.5) is 14.5 Å². The van der Waals surface area contributed by atoms with Gasteiger partial charge in [-0.2, -0.15) is 0 Å². The Morgan fingerprint density at radius 1 is 1.33 bits per heavy atom. The largest absolute Gasteiger partial charge is 0.373 e. The van der Waals surface area contributed by atoms with Crippen LogP contribution < -0.4 is 5.32 Å². The van der Waals surface area contributed by atoms with E-state index in [4.69, 9.17) is 11.6 Å². The molecule has 1 saturated heterocycles. The molecule has 1 fully saturated rings. The third-order valence-corrected chi connectivity index (χ3v) is 3.18. The Balaban J connectivity index is 1.99. The van der Waals surface area contributed by atoms with Crippen LogP contribution in [0.15, 0.2) is 12.1 Å². The number of hydrogen-bond acceptors (Lipinski definition) is 2. The smallest absolute Gasteiger partial charge is 0.241 e. The Hall–Kier alpha value is -1.36. The molecule has 1 heterocycles. The Kier molecular flexibility index (Phi) is 4.01. The number of carbonyl (C=O) groups is 1. The molecule has 0 aliphatic carbocycles. The Bertz CT molecular complexity index is 438. The maximum Gasteiger partial charge on any atom is 0.241 e. The fourth-order valence-electron chi connectivity index (χ4n) is 1.95. The average molecular weight is 275 g/mol. The number of amides is 1. The molecule has 0 radical (unpaired) electrons. The van der Waals surface area contributed by atoms with Crippen LogP contribution in [0.25, 0.3) is 0 Å². The fourth-order valence-corrected chi connectivity index (χ4v) is 2.21. The first-order chi connectivity index (χ1) is 8.58. The Morgan fingerprint density at radius 2 is 2.00 bits per heavy atom. The van der Waals surface area contributed by atoms with Crippen molar-refractivity contribution in [3.63, 3.8) is 0 Å². The summed E-state index contributed by atoms with van der Waals surface area (Å²) in [7, 11) is 0. The molecule has 0 aromatic heterocycles. The predicted molar refractivity (Wildman–Crippen MR) is 65.7 cm³/mol. The topological polar surface area (TPSA) is 32.3 Å². The predicted octanol–water partition coefficient (Wildman–Crippen LogP) is 2.65. The molecule has 2 rings (SSSR count). The molecule has 1 amide bonds. The van der Waals surface area contributed by atoms with Gasteiger partial charge >= 0.3 is 0 Å². The van der Waals surface area contributed by atoms with Crippen molar-refractivity contribution >= 4 is 23.2 Å². The lowest BCUT2D eigenvalue weighted by atomic mass is 10.3. The number of nitrogens with one attached hydrogen (secondary N) is 1. The van der Waals surface area contributed by atoms with Gasteiger partial charge in [-0.25, -0.2) is 8.78 Å². The maximum atomic E-state index is 13.4. The molecule has 0 atom stereocenters. The van der Waals surface area contributed by atoms with Gasteiger partial charge in [0.15, 0.2) is 5.82 Å². The molecular formula is C12H13ClF2N2O. The van der Waals surface area contributed by atoms with Crippen LogP contribution in [0.2, 0.25) is 5.02 Å². The zero-order valence-corrected chi connectivity index (χ0v) is 10.4. The van der Waals surface area contributed by atoms with E-state index in [9.17, 15) is 13.6 Å². The molecule has 1 aromatic rings. The van der Waals surface area contributed by atoms with Gasteiger partial charge in [0.05, 0.1) is 17.3 Å². The maximum absolute atomic E-state index is 13.4. The lowest BCUT2D eigenvalue weighted by molar-refractivity contribution is -0.128. The third-order valence-electron chi connectivity index (χ3n) is 2.88. The van der Waals surface area contributed by atoms with Gasteiger partial charge in [-0.3, -0.25) is 4.79 Å². The molecule has 3 nitrogen and oxygen atoms in total. The molecule has 18 heavy (non-hydrogen) atoms. The van der Waals surface area contributed by atoms with E-state index in [-0.39, 0.29) is 23.2 Å². The van der Waals surface area contributed by atoms with Crippen LogP contribution >= 0.6 is 11.6 Å². The van der Waals surface area contributed by atoms with Crippen molar-refractivity contribution in [2.75, 3.05) is 25.0 Å². The van der Waals surface area contributed by atoms with Crippen molar-refractivity contribution in [2.24, 2.45) is 0 Å². The Labute approximate surface area is 109 Å². The van der Waals surface area contributed by atoms with E-state index in [2.05, 4.69) is 5.32 Å². The molecule has 1 aliphatic heterocycles. The minimum Gasteiger partial charge on any atom is -0.373 e. The van der Waals surface area contributed by atoms with E-state index in [0.29, 0.717) is 0 Å². The van der Waals surface area contributed by atoms with Crippen molar-refractivity contribution in [1.29, 1.82) is 0 Å². The molecule has 1 aromatic carbocycles. The summed E-state index contributed by atoms with van der Waals surface area (Å²) in [5.74, 6) is -1.64. The number of anilines is 1. The number of benzene rings is 1. The summed E-state index contributed by atoms with van der Waals surface area (Å²) in [5.41, 5.74) is -0.0365. The summed E-state index contributed by atoms with van der Waals surface area (Å²) >= 11 is 5.71. The minimum atomic E-state index is -0.797. The molecule has 0 spiro atoms. The second-order valence-corrected chi connectivity index (χ2v) is 4.59. The number of hydrogen-bond donors (Lipinski definition) is 1. The highest BCUT2D eigenvalue weighted by molar-refractivity contribution is 6.33. The van der Waals surface area contributed by atoms with Gasteiger partial charge in [0.25, 0.3) is 0 Å². The van der Waals surface area contributed by atoms with E-state index in [1.54, 1.807) is 4.90 Å². The van der Waals surface area contributed by atoms with Crippen LogP contribution in [-0.2, 0) is 4.79 Å². The van der Waals surface area contributed by atoms with Gasteiger partial charge in [0, 0.05) is 19.2 Å². The van der Waals surface area contributed by atoms with Crippen molar-refractivity contribution in [3.05, 3.63) is 28.8 Å². The number of rotatable bonds is 3. The second-order valence-electron chi connectivity index (χ2n) is 4.19. The lowest BCUT2D eigenvalue weighted by Gasteiger charge is -2.16. The highest BCUT2D eigenvalue weighted by atomic mass is 35.5. The van der Waals surface area contributed by atoms with Gasteiger partial charge in [0.1, 0.15) is 5.82 Å². The molecule has 1 aliphatic rings. The van der Waals surface area contributed by atoms with Crippen LogP contribution in [0.1, 0.15) is 12.8 Å². The number of nitrogens with zero attached hydrogens (tertiary/aromatic N) is 1. The molecule has 1 N–H and O–H groups in total. The standard InChI is InChI=1S/C12H13ClF2N2O/c13-9-5-8(14)6-10(15)12(9)16-7-11(18)17-3-1-2-4-17/h5-6,16H,1-4,7H2. The minimum absolute atomic E-state index is 0.0365. The van der Waals surface area contributed by atoms with Crippen LogP contribution in [0, 0.1) is 11.6 Å². The molecule has 0 unspecified atom stereocenters. The highest BCUT2D eigenvalue weighted by Gasteiger charge is 2.18. The van der Waals surface area contributed by atoms with E-state index in [1.165, 1.54) is 0 Å². The first-order valence-electron chi connectivity index (χ1n) is 5.74. The van der Waals surface area contributed by atoms with E-state index >= 15 is 0 Å². The molecule has 98 valence electrons. The average Bonchev–Trinajstić information content (AvgIpc) is 2.80. The van der Waals surface area contributed by atoms with Crippen molar-refractivity contribution in [3.8, 4) is 0 Å². The van der Waals surface area contributed by atoms with E-state index in [1.807, 2.05) is 0 Å². The first-order valence-corrected chi connectivity index (χ1v) is 6.12. The van der Waals surface area contributed by atoms with E-state index in [0.717, 1.165) is 38.1 Å². The summed E-state index contributed by atoms with van der Waals surface area (Å²) in [4.78, 5) is 13.4. The summed E-state index contributed by atoms with van der Waals surface area (Å²) < 4.78 is 26.3. The first kappa shape index (κ1) is 13.1. The van der Waals surface area contributed by atoms with Gasteiger partial charge in [-0.1, -0.05) is 11.6 Å². The highest BCUT2D eigenvalue weighted by Crippen LogP contribution is 2.26. The van der Waals surface area contributed by atoms with Gasteiger partial charge in [0.2, 0.25) is 5.91 Å². The van der Waals surface area contributed by atoms with Crippen LogP contribution in [0.5, 0.6) is 0 Å². The van der Waals surface area contributed by atoms with Crippen molar-refractivity contribution in [2.45, 2.75) is 12.8 Å². The zero-order valence-electron chi connectivity index (χ0n) is 9.68. The number of halogens is 3. The fraction of sp³-hybridized carbons (Fsp3) is 0.417. The molecule has 6 heteroatoms. The lowest BCUT2D eigenvalue weighted by Crippen LogP contribution is -2.33. The van der Waals surface area contributed by atoms with Crippen molar-refractivity contribution in [1.82, 2.24) is 4.90 Å². The summed E-state index contributed by atoms with van der Waals surface area (Å²) in [6.45, 7) is 1.43. The van der Waals surface area contributed by atoms with E-state index < -0.39 is 11.6 Å². The third kappa shape index (κ3) is 2.90. The summed E-state index contributed by atoms with van der Waals surface area (Å²) in [6, 6.07) is 1.74. The summed E-state index contributed by atoms with van der Waals surface area (Å²) in [6.07, 6.45) is 1.99. The second kappa shape index (κ2) is 5.52. The number of likely N-dealkylation sites (tertiary alicyclic amines) is 1. The normalized spacial score (nSPS) is 14.9. The Morgan fingerprint density at radius 3 is 2.61 bits per heavy atom. The SMILES string of the molecule is O=C(CNc1c(F)cc(F)cc1Cl)N1CCCC1. The van der Waals surface area contributed by atoms with Gasteiger partial charge in [-0.15, -0.1) is 0 Å². The quantitative estimate of drug-likeness (QED) is 0.919. The monoisotopic (exact) mass is 274 g/mol. The van der Waals surface area contributed by atoms with Crippen molar-refractivity contribution < 1.29 is 13.6 Å². The molecule has 0 bridgehead atoms.